The van der Waals surface area contributed by atoms with Crippen LogP contribution in [0.5, 0.6) is 5.75 Å². The Morgan fingerprint density at radius 3 is 3.00 bits per heavy atom. The van der Waals surface area contributed by atoms with E-state index in [1.807, 2.05) is 19.9 Å². The van der Waals surface area contributed by atoms with E-state index in [1.165, 1.54) is 11.1 Å². The molecule has 98 valence electrons. The Balaban J connectivity index is 1.96. The molecule has 4 nitrogen and oxygen atoms in total. The molecule has 3 N–H and O–H groups in total. The Hall–Kier alpha value is -1.55. The lowest BCUT2D eigenvalue weighted by molar-refractivity contribution is -0.119. The smallest absolute Gasteiger partial charge is 0.219 e. The van der Waals surface area contributed by atoms with Crippen LogP contribution in [-0.4, -0.2) is 18.1 Å². The van der Waals surface area contributed by atoms with Crippen molar-refractivity contribution in [2.24, 2.45) is 5.73 Å². The van der Waals surface area contributed by atoms with Crippen LogP contribution in [0.1, 0.15) is 31.4 Å². The minimum Gasteiger partial charge on any atom is -0.493 e. The molecule has 0 unspecified atom stereocenters. The van der Waals surface area contributed by atoms with Gasteiger partial charge in [-0.25, -0.2) is 0 Å². The van der Waals surface area contributed by atoms with Gasteiger partial charge in [0.05, 0.1) is 6.61 Å². The predicted octanol–water partition coefficient (Wildman–Crippen LogP) is 1.37. The van der Waals surface area contributed by atoms with Crippen LogP contribution < -0.4 is 15.8 Å². The second kappa shape index (κ2) is 4.98. The number of rotatable bonds is 5. The summed E-state index contributed by atoms with van der Waals surface area (Å²) in [7, 11) is 0. The van der Waals surface area contributed by atoms with Gasteiger partial charge in [-0.3, -0.25) is 4.79 Å². The van der Waals surface area contributed by atoms with E-state index in [-0.39, 0.29) is 11.4 Å². The molecule has 1 aromatic rings. The molecule has 0 radical (unpaired) electrons. The third-order valence-corrected chi connectivity index (χ3v) is 3.14. The first kappa shape index (κ1) is 12.9. The van der Waals surface area contributed by atoms with E-state index < -0.39 is 0 Å². The van der Waals surface area contributed by atoms with E-state index in [4.69, 9.17) is 10.5 Å². The molecule has 0 aromatic heterocycles. The molecule has 18 heavy (non-hydrogen) atoms. The van der Waals surface area contributed by atoms with E-state index in [0.29, 0.717) is 6.42 Å². The number of nitrogens with one attached hydrogen (secondary N) is 1. The van der Waals surface area contributed by atoms with Crippen LogP contribution in [0.2, 0.25) is 0 Å². The van der Waals surface area contributed by atoms with Gasteiger partial charge in [-0.15, -0.1) is 0 Å². The molecule has 4 heteroatoms. The van der Waals surface area contributed by atoms with E-state index >= 15 is 0 Å². The monoisotopic (exact) mass is 248 g/mol. The van der Waals surface area contributed by atoms with Crippen LogP contribution in [0.25, 0.3) is 0 Å². The SMILES string of the molecule is CC(C)(CC(N)=O)NCc1ccc2c(c1)CCO2. The van der Waals surface area contributed by atoms with Gasteiger partial charge >= 0.3 is 0 Å². The average Bonchev–Trinajstić information content (AvgIpc) is 2.71. The fraction of sp³-hybridized carbons (Fsp3) is 0.500. The normalized spacial score (nSPS) is 14.1. The van der Waals surface area contributed by atoms with E-state index in [9.17, 15) is 4.79 Å². The molecule has 0 bridgehead atoms. The van der Waals surface area contributed by atoms with Gasteiger partial charge in [-0.2, -0.15) is 0 Å². The van der Waals surface area contributed by atoms with E-state index in [2.05, 4.69) is 17.4 Å². The Kier molecular flexibility index (Phi) is 3.57. The van der Waals surface area contributed by atoms with E-state index in [0.717, 1.165) is 25.3 Å². The van der Waals surface area contributed by atoms with Crippen LogP contribution in [0.15, 0.2) is 18.2 Å². The number of benzene rings is 1. The summed E-state index contributed by atoms with van der Waals surface area (Å²) in [5.41, 5.74) is 7.42. The maximum Gasteiger partial charge on any atom is 0.219 e. The second-order valence-corrected chi connectivity index (χ2v) is 5.42. The largest absolute Gasteiger partial charge is 0.493 e. The number of hydrogen-bond acceptors (Lipinski definition) is 3. The molecule has 1 heterocycles. The summed E-state index contributed by atoms with van der Waals surface area (Å²) in [4.78, 5) is 10.9. The average molecular weight is 248 g/mol. The Labute approximate surface area is 108 Å². The van der Waals surface area contributed by atoms with Crippen LogP contribution >= 0.6 is 0 Å². The third kappa shape index (κ3) is 3.23. The van der Waals surface area contributed by atoms with Crippen LogP contribution in [0.3, 0.4) is 0 Å². The number of ether oxygens (including phenoxy) is 1. The molecule has 0 aliphatic carbocycles. The predicted molar refractivity (Wildman–Crippen MR) is 70.4 cm³/mol. The fourth-order valence-corrected chi connectivity index (χ4v) is 2.19. The lowest BCUT2D eigenvalue weighted by Gasteiger charge is -2.25. The van der Waals surface area contributed by atoms with Gasteiger partial charge in [0.1, 0.15) is 5.75 Å². The molecule has 2 rings (SSSR count). The van der Waals surface area contributed by atoms with Crippen molar-refractivity contribution in [2.45, 2.75) is 38.8 Å². The summed E-state index contributed by atoms with van der Waals surface area (Å²) in [5, 5.41) is 3.36. The summed E-state index contributed by atoms with van der Waals surface area (Å²) in [6.45, 7) is 5.47. The zero-order valence-electron chi connectivity index (χ0n) is 11.0. The lowest BCUT2D eigenvalue weighted by Crippen LogP contribution is -2.42. The van der Waals surface area contributed by atoms with Crippen molar-refractivity contribution in [1.82, 2.24) is 5.32 Å². The van der Waals surface area contributed by atoms with Gasteiger partial charge < -0.3 is 15.8 Å². The van der Waals surface area contributed by atoms with Gasteiger partial charge in [0.25, 0.3) is 0 Å². The minimum atomic E-state index is -0.283. The molecule has 1 aliphatic heterocycles. The van der Waals surface area contributed by atoms with Crippen molar-refractivity contribution in [3.05, 3.63) is 29.3 Å². The third-order valence-electron chi connectivity index (χ3n) is 3.14. The highest BCUT2D eigenvalue weighted by molar-refractivity contribution is 5.75. The van der Waals surface area contributed by atoms with Crippen molar-refractivity contribution in [3.63, 3.8) is 0 Å². The molecular formula is C14H20N2O2. The van der Waals surface area contributed by atoms with Gasteiger partial charge in [0.15, 0.2) is 0 Å². The van der Waals surface area contributed by atoms with Crippen molar-refractivity contribution >= 4 is 5.91 Å². The van der Waals surface area contributed by atoms with Gasteiger partial charge in [-0.1, -0.05) is 12.1 Å². The highest BCUT2D eigenvalue weighted by Gasteiger charge is 2.20. The lowest BCUT2D eigenvalue weighted by atomic mass is 9.99. The molecule has 0 spiro atoms. The molecule has 1 aliphatic rings. The Morgan fingerprint density at radius 2 is 2.28 bits per heavy atom. The molecule has 0 saturated carbocycles. The zero-order chi connectivity index (χ0) is 13.2. The molecule has 0 fully saturated rings. The van der Waals surface area contributed by atoms with Crippen LogP contribution in [0.4, 0.5) is 0 Å². The Morgan fingerprint density at radius 1 is 1.50 bits per heavy atom. The van der Waals surface area contributed by atoms with Crippen molar-refractivity contribution < 1.29 is 9.53 Å². The highest BCUT2D eigenvalue weighted by atomic mass is 16.5. The highest BCUT2D eigenvalue weighted by Crippen LogP contribution is 2.26. The summed E-state index contributed by atoms with van der Waals surface area (Å²) in [6.07, 6.45) is 1.31. The minimum absolute atomic E-state index is 0.276. The topological polar surface area (TPSA) is 64.4 Å². The van der Waals surface area contributed by atoms with Crippen LogP contribution in [-0.2, 0) is 17.8 Å². The number of carbonyl (C=O) groups excluding carboxylic acids is 1. The summed E-state index contributed by atoms with van der Waals surface area (Å²) >= 11 is 0. The van der Waals surface area contributed by atoms with Crippen molar-refractivity contribution in [3.8, 4) is 5.75 Å². The molecule has 1 amide bonds. The first-order valence-corrected chi connectivity index (χ1v) is 6.24. The fourth-order valence-electron chi connectivity index (χ4n) is 2.19. The Bertz CT molecular complexity index is 455. The summed E-state index contributed by atoms with van der Waals surface area (Å²) < 4.78 is 5.47. The molecule has 1 aromatic carbocycles. The maximum atomic E-state index is 10.9. The summed E-state index contributed by atoms with van der Waals surface area (Å²) in [6, 6.07) is 6.23. The van der Waals surface area contributed by atoms with Crippen molar-refractivity contribution in [2.75, 3.05) is 6.61 Å². The van der Waals surface area contributed by atoms with Gasteiger partial charge in [-0.05, 0) is 31.0 Å². The maximum absolute atomic E-state index is 10.9. The summed E-state index contributed by atoms with van der Waals surface area (Å²) in [5.74, 6) is 0.713. The molecular weight excluding hydrogens is 228 g/mol. The van der Waals surface area contributed by atoms with Gasteiger partial charge in [0.2, 0.25) is 5.91 Å². The van der Waals surface area contributed by atoms with E-state index in [1.54, 1.807) is 0 Å². The zero-order valence-corrected chi connectivity index (χ0v) is 11.0. The quantitative estimate of drug-likeness (QED) is 0.827. The first-order chi connectivity index (χ1) is 8.46. The number of carbonyl (C=O) groups is 1. The number of primary amides is 1. The second-order valence-electron chi connectivity index (χ2n) is 5.42. The van der Waals surface area contributed by atoms with Crippen LogP contribution in [0, 0.1) is 0 Å². The standard InChI is InChI=1S/C14H20N2O2/c1-14(2,8-13(15)17)16-9-10-3-4-12-11(7-10)5-6-18-12/h3-4,7,16H,5-6,8-9H2,1-2H3,(H2,15,17). The first-order valence-electron chi connectivity index (χ1n) is 6.24. The number of fused-ring (bicyclic) bond motifs is 1. The number of amides is 1. The van der Waals surface area contributed by atoms with Crippen molar-refractivity contribution in [1.29, 1.82) is 0 Å². The molecule has 0 atom stereocenters. The molecule has 0 saturated heterocycles. The number of nitrogens with two attached hydrogens (primary N) is 1. The van der Waals surface area contributed by atoms with Gasteiger partial charge in [0, 0.05) is 24.9 Å². The number of hydrogen-bond donors (Lipinski definition) is 2.